The van der Waals surface area contributed by atoms with Crippen LogP contribution in [0.15, 0.2) is 12.3 Å². The van der Waals surface area contributed by atoms with E-state index in [4.69, 9.17) is 14.2 Å². The Balaban J connectivity index is 2.51. The van der Waals surface area contributed by atoms with Gasteiger partial charge in [-0.1, -0.05) is 26.7 Å². The molecule has 0 radical (unpaired) electrons. The zero-order valence-corrected chi connectivity index (χ0v) is 18.1. The largest absolute Gasteiger partial charge is 0.494 e. The fourth-order valence-corrected chi connectivity index (χ4v) is 2.34. The van der Waals surface area contributed by atoms with Crippen LogP contribution in [0.5, 0.6) is 5.75 Å². The van der Waals surface area contributed by atoms with Gasteiger partial charge in [0.05, 0.1) is 19.3 Å². The van der Waals surface area contributed by atoms with E-state index in [2.05, 4.69) is 22.5 Å². The Kier molecular flexibility index (Phi) is 12.8. The number of nitrogens with one attached hydrogen (secondary N) is 2. The Morgan fingerprint density at radius 2 is 1.67 bits per heavy atom. The number of hydrogen-bond acceptors (Lipinski definition) is 7. The van der Waals surface area contributed by atoms with E-state index in [0.717, 1.165) is 32.3 Å². The number of esters is 1. The number of unbranched alkanes of at least 4 members (excludes halogenated alkanes) is 2. The van der Waals surface area contributed by atoms with Gasteiger partial charge in [0.1, 0.15) is 6.54 Å². The van der Waals surface area contributed by atoms with Gasteiger partial charge in [0.15, 0.2) is 11.4 Å². The predicted octanol–water partition coefficient (Wildman–Crippen LogP) is 2.10. The minimum atomic E-state index is -0.588. The molecule has 1 aromatic heterocycles. The Hall–Kier alpha value is -2.68. The third-order valence-corrected chi connectivity index (χ3v) is 4.10. The summed E-state index contributed by atoms with van der Waals surface area (Å²) in [4.78, 5) is 40.2. The van der Waals surface area contributed by atoms with Gasteiger partial charge in [0, 0.05) is 26.0 Å². The monoisotopic (exact) mass is 423 g/mol. The second kappa shape index (κ2) is 15.2. The van der Waals surface area contributed by atoms with Gasteiger partial charge in [-0.15, -0.1) is 0 Å². The number of amides is 2. The molecule has 1 rings (SSSR count). The second-order valence-corrected chi connectivity index (χ2v) is 6.61. The fourth-order valence-electron chi connectivity index (χ4n) is 2.34. The summed E-state index contributed by atoms with van der Waals surface area (Å²) in [7, 11) is 1.38. The molecule has 0 bridgehead atoms. The highest BCUT2D eigenvalue weighted by Crippen LogP contribution is 2.17. The summed E-state index contributed by atoms with van der Waals surface area (Å²) in [5.74, 6) is -1.29. The summed E-state index contributed by atoms with van der Waals surface area (Å²) in [6.45, 7) is 5.92. The zero-order valence-electron chi connectivity index (χ0n) is 18.1. The standard InChI is InChI=1S/C21H33N3O6/c1-4-6-10-29-11-8-9-22-20(26)16-13-17(28-3)19(23-14-16)21(27)24-15-18(25)30-12-7-5-2/h13-14H,4-12,15H2,1-3H3,(H,22,26)(H,24,27). The molecular formula is C21H33N3O6. The van der Waals surface area contributed by atoms with E-state index in [1.807, 2.05) is 6.92 Å². The number of carbonyl (C=O) groups is 3. The van der Waals surface area contributed by atoms with Crippen LogP contribution in [0, 0.1) is 0 Å². The minimum Gasteiger partial charge on any atom is -0.494 e. The number of aromatic nitrogens is 1. The van der Waals surface area contributed by atoms with Crippen LogP contribution in [-0.4, -0.2) is 62.8 Å². The lowest BCUT2D eigenvalue weighted by Crippen LogP contribution is -2.32. The molecule has 0 fully saturated rings. The Morgan fingerprint density at radius 3 is 2.37 bits per heavy atom. The second-order valence-electron chi connectivity index (χ2n) is 6.61. The number of rotatable bonds is 15. The van der Waals surface area contributed by atoms with E-state index in [9.17, 15) is 14.4 Å². The van der Waals surface area contributed by atoms with Gasteiger partial charge in [-0.25, -0.2) is 4.98 Å². The molecule has 0 aliphatic rings. The van der Waals surface area contributed by atoms with Crippen molar-refractivity contribution in [2.45, 2.75) is 46.0 Å². The van der Waals surface area contributed by atoms with Crippen LogP contribution in [0.25, 0.3) is 0 Å². The maximum absolute atomic E-state index is 12.3. The molecule has 30 heavy (non-hydrogen) atoms. The molecule has 0 spiro atoms. The van der Waals surface area contributed by atoms with E-state index in [1.54, 1.807) is 0 Å². The van der Waals surface area contributed by atoms with Crippen molar-refractivity contribution in [3.8, 4) is 5.75 Å². The number of nitrogens with zero attached hydrogens (tertiary/aromatic N) is 1. The van der Waals surface area contributed by atoms with Crippen LogP contribution < -0.4 is 15.4 Å². The lowest BCUT2D eigenvalue weighted by atomic mass is 10.2. The Bertz CT molecular complexity index is 681. The van der Waals surface area contributed by atoms with E-state index >= 15 is 0 Å². The fraction of sp³-hybridized carbons (Fsp3) is 0.619. The van der Waals surface area contributed by atoms with E-state index in [-0.39, 0.29) is 29.5 Å². The van der Waals surface area contributed by atoms with Crippen molar-refractivity contribution in [3.63, 3.8) is 0 Å². The average molecular weight is 424 g/mol. The molecule has 0 aliphatic heterocycles. The quantitative estimate of drug-likeness (QED) is 0.328. The molecule has 9 heteroatoms. The van der Waals surface area contributed by atoms with Gasteiger partial charge in [-0.05, 0) is 25.3 Å². The lowest BCUT2D eigenvalue weighted by molar-refractivity contribution is -0.142. The maximum Gasteiger partial charge on any atom is 0.325 e. The molecule has 168 valence electrons. The zero-order chi connectivity index (χ0) is 22.2. The molecule has 0 saturated heterocycles. The third kappa shape index (κ3) is 9.69. The van der Waals surface area contributed by atoms with Crippen LogP contribution in [0.3, 0.4) is 0 Å². The number of hydrogen-bond donors (Lipinski definition) is 2. The summed E-state index contributed by atoms with van der Waals surface area (Å²) in [5.41, 5.74) is 0.258. The summed E-state index contributed by atoms with van der Waals surface area (Å²) < 4.78 is 15.6. The highest BCUT2D eigenvalue weighted by molar-refractivity contribution is 5.99. The van der Waals surface area contributed by atoms with Gasteiger partial charge in [-0.3, -0.25) is 14.4 Å². The summed E-state index contributed by atoms with van der Waals surface area (Å²) in [6, 6.07) is 1.44. The van der Waals surface area contributed by atoms with E-state index in [1.165, 1.54) is 19.4 Å². The lowest BCUT2D eigenvalue weighted by Gasteiger charge is -2.11. The molecule has 2 N–H and O–H groups in total. The normalized spacial score (nSPS) is 10.4. The molecule has 2 amide bonds. The predicted molar refractivity (Wildman–Crippen MR) is 112 cm³/mol. The first-order chi connectivity index (χ1) is 14.5. The van der Waals surface area contributed by atoms with Crippen LogP contribution in [0.1, 0.15) is 66.8 Å². The topological polar surface area (TPSA) is 116 Å². The van der Waals surface area contributed by atoms with Crippen LogP contribution in [0.2, 0.25) is 0 Å². The molecule has 0 unspecified atom stereocenters. The van der Waals surface area contributed by atoms with Gasteiger partial charge >= 0.3 is 5.97 Å². The smallest absolute Gasteiger partial charge is 0.325 e. The number of carbonyl (C=O) groups excluding carboxylic acids is 3. The van der Waals surface area contributed by atoms with Crippen LogP contribution in [0.4, 0.5) is 0 Å². The molecule has 1 aromatic rings. The van der Waals surface area contributed by atoms with Crippen LogP contribution in [-0.2, 0) is 14.3 Å². The van der Waals surface area contributed by atoms with Crippen molar-refractivity contribution in [3.05, 3.63) is 23.5 Å². The third-order valence-electron chi connectivity index (χ3n) is 4.10. The molecule has 0 atom stereocenters. The van der Waals surface area contributed by atoms with Crippen molar-refractivity contribution < 1.29 is 28.6 Å². The number of ether oxygens (including phenoxy) is 3. The Labute approximate surface area is 177 Å². The molecule has 9 nitrogen and oxygen atoms in total. The van der Waals surface area contributed by atoms with Crippen LogP contribution >= 0.6 is 0 Å². The summed E-state index contributed by atoms with van der Waals surface area (Å²) in [5, 5.41) is 5.22. The molecule has 0 saturated carbocycles. The first-order valence-electron chi connectivity index (χ1n) is 10.4. The van der Waals surface area contributed by atoms with Gasteiger partial charge in [0.2, 0.25) is 0 Å². The van der Waals surface area contributed by atoms with Gasteiger partial charge in [0.25, 0.3) is 11.8 Å². The molecule has 0 aliphatic carbocycles. The SMILES string of the molecule is CCCCOCCCNC(=O)c1cnc(C(=O)NCC(=O)OCCCC)c(OC)c1. The number of pyridine rings is 1. The molecule has 1 heterocycles. The van der Waals surface area contributed by atoms with Gasteiger partial charge in [-0.2, -0.15) is 0 Å². The number of methoxy groups -OCH3 is 1. The molecular weight excluding hydrogens is 390 g/mol. The Morgan fingerprint density at radius 1 is 0.967 bits per heavy atom. The van der Waals surface area contributed by atoms with Gasteiger partial charge < -0.3 is 24.8 Å². The summed E-state index contributed by atoms with van der Waals surface area (Å²) >= 11 is 0. The van der Waals surface area contributed by atoms with Crippen molar-refractivity contribution in [1.82, 2.24) is 15.6 Å². The van der Waals surface area contributed by atoms with Crippen molar-refractivity contribution in [2.75, 3.05) is 40.0 Å². The minimum absolute atomic E-state index is 0.0141. The highest BCUT2D eigenvalue weighted by atomic mass is 16.5. The van der Waals surface area contributed by atoms with Crippen molar-refractivity contribution in [2.24, 2.45) is 0 Å². The van der Waals surface area contributed by atoms with E-state index in [0.29, 0.717) is 26.2 Å². The average Bonchev–Trinajstić information content (AvgIpc) is 2.76. The first-order valence-corrected chi connectivity index (χ1v) is 10.4. The maximum atomic E-state index is 12.3. The summed E-state index contributed by atoms with van der Waals surface area (Å²) in [6.07, 6.45) is 5.79. The highest BCUT2D eigenvalue weighted by Gasteiger charge is 2.18. The first kappa shape index (κ1) is 25.4. The van der Waals surface area contributed by atoms with E-state index < -0.39 is 11.9 Å². The van der Waals surface area contributed by atoms with Crippen molar-refractivity contribution >= 4 is 17.8 Å². The molecule has 0 aromatic carbocycles. The van der Waals surface area contributed by atoms with Crippen molar-refractivity contribution in [1.29, 1.82) is 0 Å².